The van der Waals surface area contributed by atoms with Crippen LogP contribution in [-0.2, 0) is 21.7 Å². The van der Waals surface area contributed by atoms with E-state index in [1.165, 1.54) is 11.1 Å². The van der Waals surface area contributed by atoms with Crippen LogP contribution < -0.4 is 0 Å². The number of phenols is 2. The fourth-order valence-corrected chi connectivity index (χ4v) is 6.46. The number of phenolic OH excluding ortho intramolecular Hbond substituents is 2. The highest BCUT2D eigenvalue weighted by molar-refractivity contribution is 5.80. The van der Waals surface area contributed by atoms with Gasteiger partial charge in [-0.15, -0.1) is 0 Å². The number of aromatic hydroxyl groups is 2. The molecule has 2 rings (SSSR count). The summed E-state index contributed by atoms with van der Waals surface area (Å²) in [5, 5.41) is 23.6. The van der Waals surface area contributed by atoms with Crippen molar-refractivity contribution in [1.82, 2.24) is 0 Å². The van der Waals surface area contributed by atoms with Gasteiger partial charge in [-0.25, -0.2) is 0 Å². The minimum absolute atomic E-state index is 0.105. The van der Waals surface area contributed by atoms with Crippen LogP contribution in [0.4, 0.5) is 0 Å². The molecule has 2 aromatic carbocycles. The second-order valence-electron chi connectivity index (χ2n) is 17.6. The molecule has 0 aliphatic rings. The molecule has 0 amide bonds. The number of rotatable bonds is 5. The van der Waals surface area contributed by atoms with Crippen LogP contribution >= 0.6 is 0 Å². The van der Waals surface area contributed by atoms with E-state index in [1.54, 1.807) is 0 Å². The number of hydrogen-bond donors (Lipinski definition) is 2. The van der Waals surface area contributed by atoms with Gasteiger partial charge in [-0.1, -0.05) is 123 Å². The Balaban J connectivity index is 3.03. The Kier molecular flexibility index (Phi) is 8.40. The maximum Gasteiger partial charge on any atom is 0.127 e. The third-order valence-electron chi connectivity index (χ3n) is 7.63. The summed E-state index contributed by atoms with van der Waals surface area (Å²) in [7, 11) is 0. The number of benzene rings is 2. The third kappa shape index (κ3) is 7.57. The highest BCUT2D eigenvalue weighted by atomic mass is 16.3. The van der Waals surface area contributed by atoms with Gasteiger partial charge in [0.05, 0.1) is 0 Å². The second-order valence-corrected chi connectivity index (χ2v) is 17.6. The van der Waals surface area contributed by atoms with Gasteiger partial charge in [0, 0.05) is 22.3 Å². The van der Waals surface area contributed by atoms with E-state index in [0.717, 1.165) is 35.1 Å². The van der Waals surface area contributed by atoms with Crippen molar-refractivity contribution in [1.29, 1.82) is 0 Å². The SMILES string of the molecule is CC(C)(C)CC(C)(C)c1cc(-c2cc(C(C)(C)CC(C)(C)C)cc(C(C)(C)C)c2O)c(O)c(C(C)(C)C)c1. The predicted molar refractivity (Wildman–Crippen MR) is 167 cm³/mol. The first-order valence-electron chi connectivity index (χ1n) is 14.4. The Morgan fingerprint density at radius 1 is 0.447 bits per heavy atom. The molecule has 0 heterocycles. The van der Waals surface area contributed by atoms with Gasteiger partial charge in [0.1, 0.15) is 11.5 Å². The molecule has 0 bridgehead atoms. The minimum atomic E-state index is -0.252. The van der Waals surface area contributed by atoms with Crippen LogP contribution in [0.15, 0.2) is 24.3 Å². The first kappa shape index (κ1) is 32.3. The zero-order chi connectivity index (χ0) is 29.9. The van der Waals surface area contributed by atoms with Crippen molar-refractivity contribution in [2.24, 2.45) is 10.8 Å². The van der Waals surface area contributed by atoms with Crippen molar-refractivity contribution in [2.45, 2.75) is 145 Å². The molecule has 0 unspecified atom stereocenters. The third-order valence-corrected chi connectivity index (χ3v) is 7.63. The molecule has 38 heavy (non-hydrogen) atoms. The molecule has 0 fully saturated rings. The van der Waals surface area contributed by atoms with Crippen LogP contribution in [0, 0.1) is 10.8 Å². The summed E-state index contributed by atoms with van der Waals surface area (Å²) in [6.45, 7) is 35.8. The van der Waals surface area contributed by atoms with Crippen molar-refractivity contribution in [3.8, 4) is 22.6 Å². The average molecular weight is 523 g/mol. The van der Waals surface area contributed by atoms with E-state index >= 15 is 0 Å². The Morgan fingerprint density at radius 2 is 0.711 bits per heavy atom. The minimum Gasteiger partial charge on any atom is -0.507 e. The van der Waals surface area contributed by atoms with Crippen molar-refractivity contribution in [3.05, 3.63) is 46.5 Å². The van der Waals surface area contributed by atoms with Crippen LogP contribution in [0.5, 0.6) is 11.5 Å². The fraction of sp³-hybridized carbons (Fsp3) is 0.667. The lowest BCUT2D eigenvalue weighted by Crippen LogP contribution is -2.26. The Bertz CT molecular complexity index is 1060. The predicted octanol–water partition coefficient (Wildman–Crippen LogP) is 10.8. The summed E-state index contributed by atoms with van der Waals surface area (Å²) in [6, 6.07) is 8.66. The molecular formula is C36H58O2. The van der Waals surface area contributed by atoms with E-state index in [2.05, 4.69) is 135 Å². The molecule has 214 valence electrons. The molecule has 0 aliphatic heterocycles. The lowest BCUT2D eigenvalue weighted by molar-refractivity contribution is 0.283. The molecule has 0 saturated heterocycles. The standard InChI is InChI=1S/C36H58O2/c1-31(2,3)21-35(13,14)23-17-25(29(37)27(19-23)33(7,8)9)26-18-24(36(15,16)22-32(4,5)6)20-28(30(26)38)34(10,11)12/h17-20,37-38H,21-22H2,1-16H3. The fourth-order valence-electron chi connectivity index (χ4n) is 6.46. The molecule has 0 spiro atoms. The highest BCUT2D eigenvalue weighted by Gasteiger charge is 2.34. The van der Waals surface area contributed by atoms with Crippen molar-refractivity contribution in [3.63, 3.8) is 0 Å². The van der Waals surface area contributed by atoms with Crippen molar-refractivity contribution < 1.29 is 10.2 Å². The monoisotopic (exact) mass is 522 g/mol. The van der Waals surface area contributed by atoms with Gasteiger partial charge < -0.3 is 10.2 Å². The first-order chi connectivity index (χ1) is 16.7. The largest absolute Gasteiger partial charge is 0.507 e. The van der Waals surface area contributed by atoms with Gasteiger partial charge in [0.2, 0.25) is 0 Å². The smallest absolute Gasteiger partial charge is 0.127 e. The lowest BCUT2D eigenvalue weighted by atomic mass is 9.69. The quantitative estimate of drug-likeness (QED) is 0.410. The average Bonchev–Trinajstić information content (AvgIpc) is 2.62. The first-order valence-corrected chi connectivity index (χ1v) is 14.4. The topological polar surface area (TPSA) is 40.5 Å². The van der Waals surface area contributed by atoms with Crippen LogP contribution in [0.25, 0.3) is 11.1 Å². The molecule has 2 aromatic rings. The maximum atomic E-state index is 11.8. The Labute approximate surface area is 235 Å². The lowest BCUT2D eigenvalue weighted by Gasteiger charge is -2.36. The zero-order valence-corrected chi connectivity index (χ0v) is 27.6. The summed E-state index contributed by atoms with van der Waals surface area (Å²) in [6.07, 6.45) is 2.01. The second kappa shape index (κ2) is 9.90. The molecule has 0 atom stereocenters. The summed E-state index contributed by atoms with van der Waals surface area (Å²) in [5.74, 6) is 0.544. The van der Waals surface area contributed by atoms with Crippen molar-refractivity contribution in [2.75, 3.05) is 0 Å². The molecule has 0 radical (unpaired) electrons. The summed E-state index contributed by atoms with van der Waals surface area (Å²) < 4.78 is 0. The molecule has 2 N–H and O–H groups in total. The van der Waals surface area contributed by atoms with Gasteiger partial charge in [0.25, 0.3) is 0 Å². The van der Waals surface area contributed by atoms with Gasteiger partial charge in [0.15, 0.2) is 0 Å². The highest BCUT2D eigenvalue weighted by Crippen LogP contribution is 2.50. The molecule has 0 aromatic heterocycles. The van der Waals surface area contributed by atoms with E-state index < -0.39 is 0 Å². The molecule has 0 saturated carbocycles. The normalized spacial score (nSPS) is 14.2. The van der Waals surface area contributed by atoms with Crippen molar-refractivity contribution >= 4 is 0 Å². The van der Waals surface area contributed by atoms with Crippen LogP contribution in [-0.4, -0.2) is 10.2 Å². The van der Waals surface area contributed by atoms with Crippen LogP contribution in [0.3, 0.4) is 0 Å². The molecule has 2 heteroatoms. The molecule has 2 nitrogen and oxygen atoms in total. The van der Waals surface area contributed by atoms with Crippen LogP contribution in [0.2, 0.25) is 0 Å². The summed E-state index contributed by atoms with van der Waals surface area (Å²) >= 11 is 0. The van der Waals surface area contributed by atoms with E-state index in [1.807, 2.05) is 0 Å². The van der Waals surface area contributed by atoms with Gasteiger partial charge in [-0.2, -0.15) is 0 Å². The number of hydrogen-bond acceptors (Lipinski definition) is 2. The molecular weight excluding hydrogens is 464 g/mol. The van der Waals surface area contributed by atoms with E-state index in [0.29, 0.717) is 0 Å². The Hall–Kier alpha value is -1.96. The molecule has 0 aliphatic carbocycles. The van der Waals surface area contributed by atoms with E-state index in [9.17, 15) is 10.2 Å². The maximum absolute atomic E-state index is 11.8. The Morgan fingerprint density at radius 3 is 0.921 bits per heavy atom. The van der Waals surface area contributed by atoms with Gasteiger partial charge in [-0.3, -0.25) is 0 Å². The summed E-state index contributed by atoms with van der Waals surface area (Å²) in [5.41, 5.74) is 5.28. The van der Waals surface area contributed by atoms with Crippen LogP contribution in [0.1, 0.15) is 146 Å². The zero-order valence-electron chi connectivity index (χ0n) is 27.6. The van der Waals surface area contributed by atoms with Gasteiger partial charge in [-0.05, 0) is 68.6 Å². The summed E-state index contributed by atoms with van der Waals surface area (Å²) in [4.78, 5) is 0. The van der Waals surface area contributed by atoms with E-state index in [4.69, 9.17) is 0 Å². The van der Waals surface area contributed by atoms with Gasteiger partial charge >= 0.3 is 0 Å². The van der Waals surface area contributed by atoms with E-state index in [-0.39, 0.29) is 44.0 Å².